The zero-order chi connectivity index (χ0) is 20.1. The smallest absolute Gasteiger partial charge is 0.319 e. The molecule has 0 spiro atoms. The van der Waals surface area contributed by atoms with Gasteiger partial charge in [0.2, 0.25) is 10.0 Å². The maximum Gasteiger partial charge on any atom is 0.319 e. The Morgan fingerprint density at radius 2 is 1.71 bits per heavy atom. The zero-order valence-corrected chi connectivity index (χ0v) is 17.4. The number of anilines is 1. The van der Waals surface area contributed by atoms with Crippen LogP contribution in [0, 0.1) is 0 Å². The highest BCUT2D eigenvalue weighted by Gasteiger charge is 2.27. The molecular weight excluding hydrogens is 421 g/mol. The fraction of sp³-hybridized carbons (Fsp3) is 0.316. The van der Waals surface area contributed by atoms with Crippen LogP contribution in [-0.2, 0) is 16.6 Å². The number of piperidine rings is 1. The average Bonchev–Trinajstić information content (AvgIpc) is 2.70. The molecule has 3 rings (SSSR count). The molecule has 1 heterocycles. The minimum atomic E-state index is -3.58. The lowest BCUT2D eigenvalue weighted by molar-refractivity contribution is 0.251. The minimum Gasteiger partial charge on any atom is -0.334 e. The Morgan fingerprint density at radius 1 is 1.00 bits per heavy atom. The molecule has 1 aliphatic heterocycles. The summed E-state index contributed by atoms with van der Waals surface area (Å²) in [4.78, 5) is 12.4. The van der Waals surface area contributed by atoms with E-state index in [1.807, 2.05) is 0 Å². The van der Waals surface area contributed by atoms with Gasteiger partial charge in [-0.05, 0) is 42.7 Å². The summed E-state index contributed by atoms with van der Waals surface area (Å²) in [5, 5.41) is 6.06. The van der Waals surface area contributed by atoms with Gasteiger partial charge in [-0.1, -0.05) is 47.8 Å². The summed E-state index contributed by atoms with van der Waals surface area (Å²) in [5.74, 6) is 0. The standard InChI is InChI=1S/C19H21Cl2N3O3S/c20-16-9-8-15(12-17(16)21)23-19(25)22-13-14-6-2-3-7-18(14)28(26,27)24-10-4-1-5-11-24/h2-3,6-9,12H,1,4-5,10-11,13H2,(H2,22,23,25). The first-order chi connectivity index (χ1) is 13.4. The number of nitrogens with one attached hydrogen (secondary N) is 2. The highest BCUT2D eigenvalue weighted by molar-refractivity contribution is 7.89. The van der Waals surface area contributed by atoms with Crippen LogP contribution in [-0.4, -0.2) is 31.8 Å². The molecule has 0 saturated carbocycles. The van der Waals surface area contributed by atoms with Crippen LogP contribution in [0.15, 0.2) is 47.4 Å². The van der Waals surface area contributed by atoms with E-state index < -0.39 is 16.1 Å². The number of rotatable bonds is 5. The molecule has 0 unspecified atom stereocenters. The summed E-state index contributed by atoms with van der Waals surface area (Å²) >= 11 is 11.8. The summed E-state index contributed by atoms with van der Waals surface area (Å²) in [7, 11) is -3.58. The molecule has 0 aromatic heterocycles. The van der Waals surface area contributed by atoms with Crippen molar-refractivity contribution in [3.05, 3.63) is 58.1 Å². The highest BCUT2D eigenvalue weighted by atomic mass is 35.5. The first kappa shape index (κ1) is 20.9. The normalized spacial score (nSPS) is 15.2. The van der Waals surface area contributed by atoms with Crippen molar-refractivity contribution in [1.82, 2.24) is 9.62 Å². The minimum absolute atomic E-state index is 0.0798. The number of hydrogen-bond donors (Lipinski definition) is 2. The number of nitrogens with zero attached hydrogens (tertiary/aromatic N) is 1. The second-order valence-electron chi connectivity index (χ2n) is 6.51. The molecule has 2 aromatic carbocycles. The number of halogens is 2. The summed E-state index contributed by atoms with van der Waals surface area (Å²) < 4.78 is 27.5. The van der Waals surface area contributed by atoms with Crippen LogP contribution in [0.1, 0.15) is 24.8 Å². The first-order valence-electron chi connectivity index (χ1n) is 8.96. The van der Waals surface area contributed by atoms with E-state index in [0.29, 0.717) is 34.4 Å². The fourth-order valence-corrected chi connectivity index (χ4v) is 5.11. The topological polar surface area (TPSA) is 78.5 Å². The van der Waals surface area contributed by atoms with Gasteiger partial charge < -0.3 is 10.6 Å². The Bertz CT molecular complexity index is 961. The molecule has 1 fully saturated rings. The Kier molecular flexibility index (Phi) is 6.82. The monoisotopic (exact) mass is 441 g/mol. The van der Waals surface area contributed by atoms with Gasteiger partial charge in [0.25, 0.3) is 0 Å². The van der Waals surface area contributed by atoms with E-state index in [2.05, 4.69) is 10.6 Å². The average molecular weight is 442 g/mol. The van der Waals surface area contributed by atoms with Crippen LogP contribution < -0.4 is 10.6 Å². The second-order valence-corrected chi connectivity index (χ2v) is 9.23. The van der Waals surface area contributed by atoms with Gasteiger partial charge >= 0.3 is 6.03 Å². The summed E-state index contributed by atoms with van der Waals surface area (Å²) in [6.07, 6.45) is 2.78. The number of carbonyl (C=O) groups is 1. The van der Waals surface area contributed by atoms with Gasteiger partial charge in [-0.3, -0.25) is 0 Å². The first-order valence-corrected chi connectivity index (χ1v) is 11.2. The Morgan fingerprint density at radius 3 is 2.43 bits per heavy atom. The van der Waals surface area contributed by atoms with E-state index >= 15 is 0 Å². The van der Waals surface area contributed by atoms with Crippen LogP contribution in [0.25, 0.3) is 0 Å². The quantitative estimate of drug-likeness (QED) is 0.716. The van der Waals surface area contributed by atoms with Crippen LogP contribution in [0.5, 0.6) is 0 Å². The maximum absolute atomic E-state index is 13.0. The molecule has 0 radical (unpaired) electrons. The largest absolute Gasteiger partial charge is 0.334 e. The van der Waals surface area contributed by atoms with Gasteiger partial charge in [-0.2, -0.15) is 4.31 Å². The molecule has 28 heavy (non-hydrogen) atoms. The lowest BCUT2D eigenvalue weighted by Crippen LogP contribution is -2.36. The number of amides is 2. The second kappa shape index (κ2) is 9.13. The Hall–Kier alpha value is -1.80. The highest BCUT2D eigenvalue weighted by Crippen LogP contribution is 2.25. The zero-order valence-electron chi connectivity index (χ0n) is 15.1. The molecule has 2 amide bonds. The van der Waals surface area contributed by atoms with Crippen molar-refractivity contribution in [2.45, 2.75) is 30.7 Å². The van der Waals surface area contributed by atoms with Crippen LogP contribution in [0.4, 0.5) is 10.5 Å². The summed E-state index contributed by atoms with van der Waals surface area (Å²) in [6, 6.07) is 11.0. The predicted molar refractivity (Wildman–Crippen MR) is 111 cm³/mol. The third kappa shape index (κ3) is 4.97. The summed E-state index contributed by atoms with van der Waals surface area (Å²) in [5.41, 5.74) is 1.03. The molecule has 1 saturated heterocycles. The van der Waals surface area contributed by atoms with Crippen LogP contribution in [0.3, 0.4) is 0 Å². The van der Waals surface area contributed by atoms with Crippen molar-refractivity contribution in [3.63, 3.8) is 0 Å². The van der Waals surface area contributed by atoms with E-state index in [4.69, 9.17) is 23.2 Å². The van der Waals surface area contributed by atoms with Gasteiger partial charge in [0.15, 0.2) is 0 Å². The van der Waals surface area contributed by atoms with E-state index in [1.165, 1.54) is 10.4 Å². The number of benzene rings is 2. The number of hydrogen-bond acceptors (Lipinski definition) is 3. The molecule has 1 aliphatic rings. The molecule has 0 aliphatic carbocycles. The van der Waals surface area contributed by atoms with Gasteiger partial charge in [-0.15, -0.1) is 0 Å². The van der Waals surface area contributed by atoms with Crippen molar-refractivity contribution in [2.75, 3.05) is 18.4 Å². The van der Waals surface area contributed by atoms with Crippen molar-refractivity contribution in [1.29, 1.82) is 0 Å². The van der Waals surface area contributed by atoms with Crippen LogP contribution in [0.2, 0.25) is 10.0 Å². The molecule has 2 N–H and O–H groups in total. The van der Waals surface area contributed by atoms with E-state index in [-0.39, 0.29) is 11.4 Å². The van der Waals surface area contributed by atoms with Gasteiger partial charge in [0.1, 0.15) is 0 Å². The SMILES string of the molecule is O=C(NCc1ccccc1S(=O)(=O)N1CCCCC1)Nc1ccc(Cl)c(Cl)c1. The maximum atomic E-state index is 13.0. The third-order valence-electron chi connectivity index (χ3n) is 4.52. The molecule has 6 nitrogen and oxygen atoms in total. The van der Waals surface area contributed by atoms with Gasteiger partial charge in [0, 0.05) is 25.3 Å². The van der Waals surface area contributed by atoms with Crippen molar-refractivity contribution >= 4 is 44.9 Å². The van der Waals surface area contributed by atoms with Crippen molar-refractivity contribution in [3.8, 4) is 0 Å². The summed E-state index contributed by atoms with van der Waals surface area (Å²) in [6.45, 7) is 1.14. The lowest BCUT2D eigenvalue weighted by atomic mass is 10.2. The van der Waals surface area contributed by atoms with E-state index in [1.54, 1.807) is 36.4 Å². The molecule has 9 heteroatoms. The molecular formula is C19H21Cl2N3O3S. The third-order valence-corrected chi connectivity index (χ3v) is 7.26. The van der Waals surface area contributed by atoms with Crippen LogP contribution >= 0.6 is 23.2 Å². The lowest BCUT2D eigenvalue weighted by Gasteiger charge is -2.26. The Labute approximate surface area is 174 Å². The van der Waals surface area contributed by atoms with Gasteiger partial charge in [0.05, 0.1) is 14.9 Å². The molecule has 0 atom stereocenters. The fourth-order valence-electron chi connectivity index (χ4n) is 3.07. The van der Waals surface area contributed by atoms with Crippen molar-refractivity contribution in [2.24, 2.45) is 0 Å². The molecule has 0 bridgehead atoms. The van der Waals surface area contributed by atoms with Gasteiger partial charge in [-0.25, -0.2) is 13.2 Å². The molecule has 150 valence electrons. The van der Waals surface area contributed by atoms with E-state index in [9.17, 15) is 13.2 Å². The number of sulfonamides is 1. The number of carbonyl (C=O) groups excluding carboxylic acids is 1. The Balaban J connectivity index is 1.69. The number of urea groups is 1. The molecule has 2 aromatic rings. The predicted octanol–water partition coefficient (Wildman–Crippen LogP) is 4.49. The van der Waals surface area contributed by atoms with Crippen molar-refractivity contribution < 1.29 is 13.2 Å². The van der Waals surface area contributed by atoms with E-state index in [0.717, 1.165) is 19.3 Å².